The van der Waals surface area contributed by atoms with Crippen molar-refractivity contribution < 1.29 is 14.0 Å². The van der Waals surface area contributed by atoms with Crippen molar-refractivity contribution in [2.45, 2.75) is 25.2 Å². The molecule has 1 unspecified atom stereocenters. The molecule has 0 aliphatic carbocycles. The number of hydrogen-bond donors (Lipinski definition) is 2. The van der Waals surface area contributed by atoms with Crippen molar-refractivity contribution in [2.75, 3.05) is 26.2 Å². The van der Waals surface area contributed by atoms with Crippen LogP contribution in [0, 0.1) is 5.82 Å². The summed E-state index contributed by atoms with van der Waals surface area (Å²) in [5.74, 6) is -0.806. The molecule has 2 N–H and O–H groups in total. The molecule has 36 heavy (non-hydrogen) atoms. The van der Waals surface area contributed by atoms with Crippen LogP contribution in [0.2, 0.25) is 0 Å². The number of fused-ring (bicyclic) bond motifs is 2. The van der Waals surface area contributed by atoms with E-state index in [1.807, 2.05) is 36.7 Å². The fourth-order valence-electron chi connectivity index (χ4n) is 5.51. The molecule has 6 nitrogen and oxygen atoms in total. The second-order valence-corrected chi connectivity index (χ2v) is 9.46. The molecule has 0 radical (unpaired) electrons. The number of para-hydroxylation sites is 1. The van der Waals surface area contributed by atoms with E-state index in [1.54, 1.807) is 12.1 Å². The Labute approximate surface area is 214 Å². The topological polar surface area (TPSA) is 72.2 Å². The maximum atomic E-state index is 13.7. The van der Waals surface area contributed by atoms with Crippen molar-refractivity contribution in [3.63, 3.8) is 0 Å². The van der Waals surface area contributed by atoms with Crippen molar-refractivity contribution in [1.82, 2.24) is 19.8 Å². The summed E-state index contributed by atoms with van der Waals surface area (Å²) in [5.41, 5.74) is 5.12. The lowest BCUT2D eigenvalue weighted by Gasteiger charge is -2.27. The number of carbonyl (C=O) groups is 2. The molecular weight excluding hydrogens is 479 g/mol. The number of hydrogen-bond acceptors (Lipinski definition) is 3. The number of aromatic nitrogens is 2. The lowest BCUT2D eigenvalue weighted by molar-refractivity contribution is -0.138. The van der Waals surface area contributed by atoms with Crippen molar-refractivity contribution in [2.24, 2.45) is 0 Å². The molecule has 0 bridgehead atoms. The molecule has 4 heterocycles. The van der Waals surface area contributed by atoms with Gasteiger partial charge in [-0.2, -0.15) is 0 Å². The number of nitrogens with one attached hydrogen (secondary N) is 2. The molecule has 8 heteroatoms. The van der Waals surface area contributed by atoms with E-state index in [0.29, 0.717) is 6.54 Å². The number of H-pyrrole nitrogens is 2. The van der Waals surface area contributed by atoms with Crippen LogP contribution in [0.15, 0.2) is 60.9 Å². The quantitative estimate of drug-likeness (QED) is 0.352. The first kappa shape index (κ1) is 24.3. The summed E-state index contributed by atoms with van der Waals surface area (Å²) in [4.78, 5) is 36.0. The normalized spacial score (nSPS) is 18.8. The SMILES string of the molecule is Cl.O=C1CC(c2c[nH]c3ccccc23)C(=O)N1CCCN1CC=C(c2c[nH]c3ccc(F)cc23)CC1. The van der Waals surface area contributed by atoms with Gasteiger partial charge in [-0.05, 0) is 48.2 Å². The molecule has 2 aliphatic rings. The van der Waals surface area contributed by atoms with Gasteiger partial charge in [0.05, 0.1) is 5.92 Å². The summed E-state index contributed by atoms with van der Waals surface area (Å²) < 4.78 is 13.7. The molecule has 1 atom stereocenters. The highest BCUT2D eigenvalue weighted by Crippen LogP contribution is 2.34. The summed E-state index contributed by atoms with van der Waals surface area (Å²) in [6, 6.07) is 12.7. The second kappa shape index (κ2) is 9.91. The summed E-state index contributed by atoms with van der Waals surface area (Å²) in [5, 5.41) is 1.93. The number of carbonyl (C=O) groups excluding carboxylic acids is 2. The van der Waals surface area contributed by atoms with E-state index in [4.69, 9.17) is 0 Å². The highest BCUT2D eigenvalue weighted by molar-refractivity contribution is 6.08. The van der Waals surface area contributed by atoms with Gasteiger partial charge in [0.1, 0.15) is 5.82 Å². The lowest BCUT2D eigenvalue weighted by Crippen LogP contribution is -2.35. The smallest absolute Gasteiger partial charge is 0.237 e. The maximum absolute atomic E-state index is 13.7. The fraction of sp³-hybridized carbons (Fsp3) is 0.286. The van der Waals surface area contributed by atoms with Crippen LogP contribution in [0.4, 0.5) is 4.39 Å². The van der Waals surface area contributed by atoms with Crippen LogP contribution in [0.5, 0.6) is 0 Å². The molecule has 1 saturated heterocycles. The van der Waals surface area contributed by atoms with E-state index in [-0.39, 0.29) is 36.5 Å². The van der Waals surface area contributed by atoms with Gasteiger partial charge in [0.2, 0.25) is 11.8 Å². The standard InChI is InChI=1S/C28H27FN4O2.ClH/c29-19-6-7-26-21(14-19)23(16-30-26)18-8-12-32(13-9-18)10-3-11-33-27(34)15-22(28(33)35)24-17-31-25-5-2-1-4-20(24)25;/h1-2,4-8,14,16-17,22,30-31H,3,9-13,15H2;1H. The highest BCUT2D eigenvalue weighted by Gasteiger charge is 2.40. The van der Waals surface area contributed by atoms with E-state index >= 15 is 0 Å². The Morgan fingerprint density at radius 3 is 2.61 bits per heavy atom. The first-order chi connectivity index (χ1) is 17.1. The van der Waals surface area contributed by atoms with Gasteiger partial charge >= 0.3 is 0 Å². The van der Waals surface area contributed by atoms with Crippen molar-refractivity contribution in [3.05, 3.63) is 77.9 Å². The summed E-state index contributed by atoms with van der Waals surface area (Å²) >= 11 is 0. The molecule has 6 rings (SSSR count). The molecular formula is C28H28ClFN4O2. The first-order valence-corrected chi connectivity index (χ1v) is 12.2. The number of benzene rings is 2. The van der Waals surface area contributed by atoms with E-state index in [1.165, 1.54) is 16.5 Å². The second-order valence-electron chi connectivity index (χ2n) is 9.46. The average molecular weight is 507 g/mol. The van der Waals surface area contributed by atoms with Crippen LogP contribution in [0.3, 0.4) is 0 Å². The number of likely N-dealkylation sites (tertiary alicyclic amines) is 1. The van der Waals surface area contributed by atoms with Crippen molar-refractivity contribution >= 4 is 51.6 Å². The Morgan fingerprint density at radius 1 is 0.972 bits per heavy atom. The molecule has 0 saturated carbocycles. The van der Waals surface area contributed by atoms with Crippen LogP contribution in [-0.2, 0) is 9.59 Å². The maximum Gasteiger partial charge on any atom is 0.237 e. The van der Waals surface area contributed by atoms with Gasteiger partial charge in [-0.3, -0.25) is 19.4 Å². The Kier molecular flexibility index (Phi) is 6.69. The molecule has 2 aliphatic heterocycles. The molecule has 1 fully saturated rings. The highest BCUT2D eigenvalue weighted by atomic mass is 35.5. The third kappa shape index (κ3) is 4.33. The Morgan fingerprint density at radius 2 is 1.78 bits per heavy atom. The number of nitrogens with zero attached hydrogens (tertiary/aromatic N) is 2. The third-order valence-electron chi connectivity index (χ3n) is 7.38. The summed E-state index contributed by atoms with van der Waals surface area (Å²) in [7, 11) is 0. The third-order valence-corrected chi connectivity index (χ3v) is 7.38. The van der Waals surface area contributed by atoms with Crippen molar-refractivity contribution in [1.29, 1.82) is 0 Å². The minimum absolute atomic E-state index is 0. The van der Waals surface area contributed by atoms with E-state index in [9.17, 15) is 14.0 Å². The zero-order chi connectivity index (χ0) is 23.9. The Bertz CT molecular complexity index is 1470. The zero-order valence-electron chi connectivity index (χ0n) is 19.8. The largest absolute Gasteiger partial charge is 0.361 e. The average Bonchev–Trinajstić information content (AvgIpc) is 3.56. The van der Waals surface area contributed by atoms with Crippen LogP contribution >= 0.6 is 12.4 Å². The molecule has 4 aromatic rings. The van der Waals surface area contributed by atoms with Crippen molar-refractivity contribution in [3.8, 4) is 0 Å². The van der Waals surface area contributed by atoms with E-state index < -0.39 is 5.92 Å². The number of imide groups is 1. The first-order valence-electron chi connectivity index (χ1n) is 12.2. The minimum Gasteiger partial charge on any atom is -0.361 e. The monoisotopic (exact) mass is 506 g/mol. The number of aromatic amines is 2. The van der Waals surface area contributed by atoms with E-state index in [2.05, 4.69) is 20.9 Å². The van der Waals surface area contributed by atoms with Gasteiger partial charge in [-0.1, -0.05) is 24.3 Å². The predicted molar refractivity (Wildman–Crippen MR) is 142 cm³/mol. The number of halogens is 2. The molecule has 2 amide bonds. The molecule has 186 valence electrons. The zero-order valence-corrected chi connectivity index (χ0v) is 20.6. The van der Waals surface area contributed by atoms with Gasteiger partial charge in [-0.15, -0.1) is 12.4 Å². The van der Waals surface area contributed by atoms with Gasteiger partial charge in [0, 0.05) is 72.4 Å². The van der Waals surface area contributed by atoms with E-state index in [0.717, 1.165) is 65.4 Å². The Balaban J connectivity index is 0.00000267. The van der Waals surface area contributed by atoms with Crippen LogP contribution in [-0.4, -0.2) is 57.8 Å². The number of amides is 2. The van der Waals surface area contributed by atoms with Gasteiger partial charge < -0.3 is 9.97 Å². The van der Waals surface area contributed by atoms with Gasteiger partial charge in [-0.25, -0.2) is 4.39 Å². The minimum atomic E-state index is -0.403. The summed E-state index contributed by atoms with van der Waals surface area (Å²) in [6.07, 6.45) is 7.90. The molecule has 0 spiro atoms. The van der Waals surface area contributed by atoms with Crippen LogP contribution in [0.25, 0.3) is 27.4 Å². The Hall–Kier alpha value is -3.42. The lowest BCUT2D eigenvalue weighted by atomic mass is 9.97. The predicted octanol–water partition coefficient (Wildman–Crippen LogP) is 5.23. The fourth-order valence-corrected chi connectivity index (χ4v) is 5.51. The van der Waals surface area contributed by atoms with Crippen LogP contribution in [0.1, 0.15) is 36.3 Å². The van der Waals surface area contributed by atoms with Crippen LogP contribution < -0.4 is 0 Å². The molecule has 2 aromatic heterocycles. The molecule has 2 aromatic carbocycles. The summed E-state index contributed by atoms with van der Waals surface area (Å²) in [6.45, 7) is 2.97. The van der Waals surface area contributed by atoms with Gasteiger partial charge in [0.25, 0.3) is 0 Å². The number of rotatable bonds is 6. The van der Waals surface area contributed by atoms with Gasteiger partial charge in [0.15, 0.2) is 0 Å².